The van der Waals surface area contributed by atoms with Gasteiger partial charge in [-0.05, 0) is 38.1 Å². The van der Waals surface area contributed by atoms with Crippen LogP contribution in [0.2, 0.25) is 0 Å². The number of hydrogen-bond acceptors (Lipinski definition) is 6. The van der Waals surface area contributed by atoms with Gasteiger partial charge in [-0.25, -0.2) is 4.99 Å². The number of ether oxygens (including phenoxy) is 2. The van der Waals surface area contributed by atoms with Crippen LogP contribution in [0.25, 0.3) is 0 Å². The summed E-state index contributed by atoms with van der Waals surface area (Å²) in [7, 11) is 0. The van der Waals surface area contributed by atoms with Crippen molar-refractivity contribution in [2.45, 2.75) is 20.0 Å². The quantitative estimate of drug-likeness (QED) is 0.676. The first-order valence-electron chi connectivity index (χ1n) is 10.1. The Balaban J connectivity index is 1.26. The van der Waals surface area contributed by atoms with Gasteiger partial charge in [0.2, 0.25) is 5.91 Å². The van der Waals surface area contributed by atoms with E-state index in [9.17, 15) is 4.79 Å². The van der Waals surface area contributed by atoms with Crippen LogP contribution in [-0.4, -0.2) is 60.8 Å². The number of benzene rings is 2. The molecule has 0 saturated heterocycles. The zero-order valence-corrected chi connectivity index (χ0v) is 17.3. The second-order valence-corrected chi connectivity index (χ2v) is 7.49. The van der Waals surface area contributed by atoms with E-state index < -0.39 is 0 Å². The molecule has 0 radical (unpaired) electrons. The number of rotatable bonds is 8. The summed E-state index contributed by atoms with van der Waals surface area (Å²) < 4.78 is 11.5. The Kier molecular flexibility index (Phi) is 5.97. The molecule has 0 bridgehead atoms. The molecular formula is C23H26N4O3. The lowest BCUT2D eigenvalue weighted by atomic mass is 10.1. The van der Waals surface area contributed by atoms with E-state index in [1.54, 1.807) is 17.5 Å². The van der Waals surface area contributed by atoms with Crippen molar-refractivity contribution in [3.63, 3.8) is 0 Å². The highest BCUT2D eigenvalue weighted by Gasteiger charge is 2.40. The van der Waals surface area contributed by atoms with Gasteiger partial charge in [0.1, 0.15) is 30.6 Å². The molecule has 2 aliphatic heterocycles. The van der Waals surface area contributed by atoms with E-state index in [2.05, 4.69) is 10.1 Å². The molecule has 0 unspecified atom stereocenters. The zero-order valence-electron chi connectivity index (χ0n) is 17.3. The van der Waals surface area contributed by atoms with Crippen LogP contribution in [0.4, 0.5) is 0 Å². The van der Waals surface area contributed by atoms with Gasteiger partial charge in [0, 0.05) is 6.21 Å². The summed E-state index contributed by atoms with van der Waals surface area (Å²) in [4.78, 5) is 19.0. The summed E-state index contributed by atoms with van der Waals surface area (Å²) in [6.07, 6.45) is 2.99. The SMILES string of the molecule is Cc1ccc(OCCN2C=N[C@@H]3[C@H](C=NN3CCOc3ccc(C)cc3)C2=O)cc1. The van der Waals surface area contributed by atoms with Crippen LogP contribution in [0.15, 0.2) is 58.6 Å². The van der Waals surface area contributed by atoms with Gasteiger partial charge in [-0.1, -0.05) is 35.4 Å². The molecule has 2 atom stereocenters. The topological polar surface area (TPSA) is 66.7 Å². The largest absolute Gasteiger partial charge is 0.492 e. The summed E-state index contributed by atoms with van der Waals surface area (Å²) in [6.45, 7) is 5.96. The van der Waals surface area contributed by atoms with Crippen LogP contribution in [0, 0.1) is 19.8 Å². The van der Waals surface area contributed by atoms with Crippen molar-refractivity contribution in [3.05, 3.63) is 59.7 Å². The normalized spacial score (nSPS) is 19.9. The number of carbonyl (C=O) groups excluding carboxylic acids is 1. The fourth-order valence-electron chi connectivity index (χ4n) is 3.39. The van der Waals surface area contributed by atoms with Gasteiger partial charge in [-0.15, -0.1) is 0 Å². The number of aliphatic imine (C=N–C) groups is 1. The molecule has 2 aliphatic rings. The lowest BCUT2D eigenvalue weighted by Crippen LogP contribution is -2.48. The van der Waals surface area contributed by atoms with Crippen LogP contribution >= 0.6 is 0 Å². The number of aryl methyl sites for hydroxylation is 2. The Morgan fingerprint density at radius 1 is 0.867 bits per heavy atom. The minimum absolute atomic E-state index is 0.00629. The van der Waals surface area contributed by atoms with Gasteiger partial charge in [0.15, 0.2) is 6.17 Å². The average molecular weight is 406 g/mol. The number of nitrogens with zero attached hydrogens (tertiary/aromatic N) is 4. The van der Waals surface area contributed by atoms with Crippen molar-refractivity contribution in [1.82, 2.24) is 9.91 Å². The second-order valence-electron chi connectivity index (χ2n) is 7.49. The van der Waals surface area contributed by atoms with Crippen molar-refractivity contribution in [2.24, 2.45) is 16.0 Å². The van der Waals surface area contributed by atoms with Crippen molar-refractivity contribution >= 4 is 18.5 Å². The number of fused-ring (bicyclic) bond motifs is 1. The standard InChI is InChI=1S/C23H26N4O3/c1-17-3-7-19(8-4-17)29-13-11-26-16-24-22-21(23(26)28)15-25-27(22)12-14-30-20-9-5-18(2)6-10-20/h3-10,15-16,21-22H,11-14H2,1-2H3/t21-,22-/m0/s1. The third-order valence-corrected chi connectivity index (χ3v) is 5.16. The number of hydrazone groups is 1. The van der Waals surface area contributed by atoms with Gasteiger partial charge < -0.3 is 9.47 Å². The summed E-state index contributed by atoms with van der Waals surface area (Å²) in [6, 6.07) is 15.8. The third kappa shape index (κ3) is 4.62. The smallest absolute Gasteiger partial charge is 0.240 e. The van der Waals surface area contributed by atoms with E-state index in [0.717, 1.165) is 11.5 Å². The average Bonchev–Trinajstić information content (AvgIpc) is 3.16. The van der Waals surface area contributed by atoms with Crippen LogP contribution in [0.3, 0.4) is 0 Å². The molecular weight excluding hydrogens is 380 g/mol. The number of carbonyl (C=O) groups is 1. The van der Waals surface area contributed by atoms with Crippen LogP contribution in [-0.2, 0) is 4.79 Å². The summed E-state index contributed by atoms with van der Waals surface area (Å²) in [5.74, 6) is 1.24. The Bertz CT molecular complexity index is 924. The van der Waals surface area contributed by atoms with Crippen molar-refractivity contribution in [2.75, 3.05) is 26.3 Å². The molecule has 4 rings (SSSR count). The monoisotopic (exact) mass is 406 g/mol. The number of hydrogen-bond donors (Lipinski definition) is 0. The fourth-order valence-corrected chi connectivity index (χ4v) is 3.39. The van der Waals surface area contributed by atoms with Gasteiger partial charge in [0.25, 0.3) is 0 Å². The maximum Gasteiger partial charge on any atom is 0.240 e. The van der Waals surface area contributed by atoms with E-state index in [1.807, 2.05) is 67.4 Å². The Hall–Kier alpha value is -3.35. The molecule has 0 spiro atoms. The predicted molar refractivity (Wildman–Crippen MR) is 116 cm³/mol. The molecule has 2 aromatic rings. The van der Waals surface area contributed by atoms with Gasteiger partial charge in [0.05, 0.1) is 19.4 Å². The second kappa shape index (κ2) is 8.98. The van der Waals surface area contributed by atoms with E-state index in [-0.39, 0.29) is 18.0 Å². The zero-order chi connectivity index (χ0) is 20.9. The van der Waals surface area contributed by atoms with Crippen LogP contribution in [0.5, 0.6) is 11.5 Å². The molecule has 1 amide bonds. The highest BCUT2D eigenvalue weighted by atomic mass is 16.5. The highest BCUT2D eigenvalue weighted by molar-refractivity contribution is 6.01. The van der Waals surface area contributed by atoms with Crippen LogP contribution in [0.1, 0.15) is 11.1 Å². The molecule has 2 heterocycles. The van der Waals surface area contributed by atoms with Gasteiger partial charge in [-0.2, -0.15) is 5.10 Å². The summed E-state index contributed by atoms with van der Waals surface area (Å²) in [5, 5.41) is 6.20. The third-order valence-electron chi connectivity index (χ3n) is 5.16. The minimum Gasteiger partial charge on any atom is -0.492 e. The molecule has 0 aromatic heterocycles. The Morgan fingerprint density at radius 2 is 1.43 bits per heavy atom. The molecule has 0 N–H and O–H groups in total. The van der Waals surface area contributed by atoms with E-state index in [1.165, 1.54) is 11.1 Å². The van der Waals surface area contributed by atoms with Gasteiger partial charge in [-0.3, -0.25) is 14.7 Å². The van der Waals surface area contributed by atoms with E-state index in [0.29, 0.717) is 26.3 Å². The molecule has 0 saturated carbocycles. The molecule has 2 aromatic carbocycles. The highest BCUT2D eigenvalue weighted by Crippen LogP contribution is 2.24. The molecule has 156 valence electrons. The molecule has 7 heteroatoms. The van der Waals surface area contributed by atoms with Crippen LogP contribution < -0.4 is 9.47 Å². The Labute approximate surface area is 176 Å². The first-order chi connectivity index (χ1) is 14.6. The molecule has 0 aliphatic carbocycles. The lowest BCUT2D eigenvalue weighted by Gasteiger charge is -2.31. The van der Waals surface area contributed by atoms with E-state index >= 15 is 0 Å². The van der Waals surface area contributed by atoms with Crippen molar-refractivity contribution in [3.8, 4) is 11.5 Å². The summed E-state index contributed by atoms with van der Waals surface area (Å²) in [5.41, 5.74) is 2.37. The van der Waals surface area contributed by atoms with Crippen molar-refractivity contribution in [1.29, 1.82) is 0 Å². The van der Waals surface area contributed by atoms with E-state index in [4.69, 9.17) is 9.47 Å². The predicted octanol–water partition coefficient (Wildman–Crippen LogP) is 2.88. The maximum absolute atomic E-state index is 12.8. The maximum atomic E-state index is 12.8. The lowest BCUT2D eigenvalue weighted by molar-refractivity contribution is -0.131. The number of amides is 1. The Morgan fingerprint density at radius 3 is 2.03 bits per heavy atom. The molecule has 7 nitrogen and oxygen atoms in total. The molecule has 0 fully saturated rings. The first kappa shape index (κ1) is 19.9. The first-order valence-corrected chi connectivity index (χ1v) is 10.1. The molecule has 30 heavy (non-hydrogen) atoms. The van der Waals surface area contributed by atoms with Gasteiger partial charge >= 0.3 is 0 Å². The fraction of sp³-hybridized carbons (Fsp3) is 0.348. The summed E-state index contributed by atoms with van der Waals surface area (Å²) >= 11 is 0. The van der Waals surface area contributed by atoms with Crippen molar-refractivity contribution < 1.29 is 14.3 Å². The minimum atomic E-state index is -0.367.